The van der Waals surface area contributed by atoms with Crippen LogP contribution < -0.4 is 4.74 Å². The molecule has 84 valence electrons. The molecule has 0 amide bonds. The van der Waals surface area contributed by atoms with Gasteiger partial charge in [-0.15, -0.1) is 6.42 Å². The molecule has 0 aliphatic rings. The second kappa shape index (κ2) is 4.95. The molecule has 17 heavy (non-hydrogen) atoms. The molecule has 2 rings (SSSR count). The molecule has 2 aromatic rings. The smallest absolute Gasteiger partial charge is 0.126 e. The zero-order valence-electron chi connectivity index (χ0n) is 9.41. The minimum atomic E-state index is 0.681. The average Bonchev–Trinajstić information content (AvgIpc) is 2.38. The minimum Gasteiger partial charge on any atom is -0.496 e. The minimum absolute atomic E-state index is 0.681. The predicted octanol–water partition coefficient (Wildman–Crippen LogP) is 4.00. The Morgan fingerprint density at radius 1 is 1.12 bits per heavy atom. The zero-order chi connectivity index (χ0) is 12.3. The highest BCUT2D eigenvalue weighted by Gasteiger charge is 2.09. The lowest BCUT2D eigenvalue weighted by molar-refractivity contribution is 0.416. The second-order valence-electron chi connectivity index (χ2n) is 3.54. The highest BCUT2D eigenvalue weighted by atomic mass is 35.5. The van der Waals surface area contributed by atoms with E-state index < -0.39 is 0 Å². The van der Waals surface area contributed by atoms with Gasteiger partial charge >= 0.3 is 0 Å². The second-order valence-corrected chi connectivity index (χ2v) is 3.95. The summed E-state index contributed by atoms with van der Waals surface area (Å²) in [6.45, 7) is 0. The van der Waals surface area contributed by atoms with Crippen LogP contribution in [0.1, 0.15) is 5.56 Å². The van der Waals surface area contributed by atoms with E-state index in [1.807, 2.05) is 42.5 Å². The Balaban J connectivity index is 2.65. The van der Waals surface area contributed by atoms with Crippen LogP contribution in [0.2, 0.25) is 5.02 Å². The molecule has 2 aromatic carbocycles. The topological polar surface area (TPSA) is 9.23 Å². The first-order valence-electron chi connectivity index (χ1n) is 5.16. The van der Waals surface area contributed by atoms with Crippen molar-refractivity contribution in [3.63, 3.8) is 0 Å². The average molecular weight is 243 g/mol. The summed E-state index contributed by atoms with van der Waals surface area (Å²) in [5, 5.41) is 0.681. The number of rotatable bonds is 2. The number of methoxy groups -OCH3 is 1. The number of hydrogen-bond donors (Lipinski definition) is 0. The quantitative estimate of drug-likeness (QED) is 0.724. The number of benzene rings is 2. The van der Waals surface area contributed by atoms with E-state index in [1.165, 1.54) is 0 Å². The largest absolute Gasteiger partial charge is 0.496 e. The molecular formula is C15H11ClO. The third kappa shape index (κ3) is 2.27. The third-order valence-corrected chi connectivity index (χ3v) is 2.86. The van der Waals surface area contributed by atoms with Crippen LogP contribution in [0.4, 0.5) is 0 Å². The van der Waals surface area contributed by atoms with Crippen molar-refractivity contribution in [2.45, 2.75) is 0 Å². The Morgan fingerprint density at radius 2 is 1.88 bits per heavy atom. The maximum Gasteiger partial charge on any atom is 0.126 e. The highest BCUT2D eigenvalue weighted by molar-refractivity contribution is 6.33. The van der Waals surface area contributed by atoms with Crippen LogP contribution in [0, 0.1) is 12.3 Å². The zero-order valence-corrected chi connectivity index (χ0v) is 10.2. The number of hydrogen-bond acceptors (Lipinski definition) is 1. The van der Waals surface area contributed by atoms with Crippen molar-refractivity contribution in [2.75, 3.05) is 7.11 Å². The van der Waals surface area contributed by atoms with Gasteiger partial charge in [0.2, 0.25) is 0 Å². The van der Waals surface area contributed by atoms with Crippen molar-refractivity contribution in [2.24, 2.45) is 0 Å². The lowest BCUT2D eigenvalue weighted by Crippen LogP contribution is -1.89. The SMILES string of the molecule is C#Cc1ccc(OC)c(-c2ccccc2Cl)c1. The fourth-order valence-electron chi connectivity index (χ4n) is 1.69. The summed E-state index contributed by atoms with van der Waals surface area (Å²) in [4.78, 5) is 0. The van der Waals surface area contributed by atoms with Crippen LogP contribution in [0.25, 0.3) is 11.1 Å². The summed E-state index contributed by atoms with van der Waals surface area (Å²) in [5.74, 6) is 3.37. The van der Waals surface area contributed by atoms with Crippen molar-refractivity contribution in [1.29, 1.82) is 0 Å². The summed E-state index contributed by atoms with van der Waals surface area (Å²) in [7, 11) is 1.63. The molecule has 0 radical (unpaired) electrons. The first-order chi connectivity index (χ1) is 8.26. The lowest BCUT2D eigenvalue weighted by atomic mass is 10.0. The van der Waals surface area contributed by atoms with Crippen LogP contribution in [-0.2, 0) is 0 Å². The maximum absolute atomic E-state index is 6.18. The van der Waals surface area contributed by atoms with Crippen molar-refractivity contribution < 1.29 is 4.74 Å². The van der Waals surface area contributed by atoms with Crippen molar-refractivity contribution >= 4 is 11.6 Å². The van der Waals surface area contributed by atoms with E-state index in [0.29, 0.717) is 5.02 Å². The Hall–Kier alpha value is -1.91. The van der Waals surface area contributed by atoms with Crippen LogP contribution in [0.3, 0.4) is 0 Å². The summed E-state index contributed by atoms with van der Waals surface area (Å²) in [6.07, 6.45) is 5.40. The standard InChI is InChI=1S/C15H11ClO/c1-3-11-8-9-15(17-2)13(10-11)12-6-4-5-7-14(12)16/h1,4-10H,2H3. The number of halogens is 1. The third-order valence-electron chi connectivity index (χ3n) is 2.53. The first-order valence-corrected chi connectivity index (χ1v) is 5.53. The summed E-state index contributed by atoms with van der Waals surface area (Å²) in [6, 6.07) is 13.2. The van der Waals surface area contributed by atoms with Gasteiger partial charge < -0.3 is 4.74 Å². The van der Waals surface area contributed by atoms with E-state index in [-0.39, 0.29) is 0 Å². The lowest BCUT2D eigenvalue weighted by Gasteiger charge is -2.10. The molecule has 0 bridgehead atoms. The Bertz CT molecular complexity index is 582. The normalized spacial score (nSPS) is 9.71. The van der Waals surface area contributed by atoms with E-state index in [0.717, 1.165) is 22.4 Å². The molecule has 0 unspecified atom stereocenters. The van der Waals surface area contributed by atoms with E-state index in [1.54, 1.807) is 7.11 Å². The van der Waals surface area contributed by atoms with Gasteiger partial charge in [-0.3, -0.25) is 0 Å². The summed E-state index contributed by atoms with van der Waals surface area (Å²) < 4.78 is 5.33. The fraction of sp³-hybridized carbons (Fsp3) is 0.0667. The van der Waals surface area contributed by atoms with Crippen LogP contribution in [-0.4, -0.2) is 7.11 Å². The van der Waals surface area contributed by atoms with Gasteiger partial charge in [-0.05, 0) is 24.3 Å². The van der Waals surface area contributed by atoms with Gasteiger partial charge in [-0.25, -0.2) is 0 Å². The van der Waals surface area contributed by atoms with Gasteiger partial charge in [-0.1, -0.05) is 35.7 Å². The monoisotopic (exact) mass is 242 g/mol. The van der Waals surface area contributed by atoms with Crippen molar-refractivity contribution in [3.05, 3.63) is 53.1 Å². The molecule has 2 heteroatoms. The summed E-state index contributed by atoms with van der Waals surface area (Å²) in [5.41, 5.74) is 2.64. The molecule has 0 aromatic heterocycles. The fourth-order valence-corrected chi connectivity index (χ4v) is 1.93. The number of terminal acetylenes is 1. The first kappa shape index (κ1) is 11.6. The number of ether oxygens (including phenoxy) is 1. The van der Waals surface area contributed by atoms with E-state index >= 15 is 0 Å². The van der Waals surface area contributed by atoms with Gasteiger partial charge in [0.15, 0.2) is 0 Å². The maximum atomic E-state index is 6.18. The molecule has 0 aliphatic carbocycles. The Labute approximate surface area is 106 Å². The van der Waals surface area contributed by atoms with Crippen LogP contribution in [0.5, 0.6) is 5.75 Å². The molecule has 0 spiro atoms. The van der Waals surface area contributed by atoms with E-state index in [9.17, 15) is 0 Å². The molecule has 0 aliphatic heterocycles. The van der Waals surface area contributed by atoms with Crippen molar-refractivity contribution in [1.82, 2.24) is 0 Å². The van der Waals surface area contributed by atoms with Crippen molar-refractivity contribution in [3.8, 4) is 29.2 Å². The van der Waals surface area contributed by atoms with E-state index in [4.69, 9.17) is 22.8 Å². The van der Waals surface area contributed by atoms with Gasteiger partial charge in [0, 0.05) is 21.7 Å². The van der Waals surface area contributed by atoms with Gasteiger partial charge in [0.25, 0.3) is 0 Å². The van der Waals surface area contributed by atoms with Gasteiger partial charge in [0.05, 0.1) is 7.11 Å². The van der Waals surface area contributed by atoms with Crippen LogP contribution >= 0.6 is 11.6 Å². The molecule has 0 saturated heterocycles. The highest BCUT2D eigenvalue weighted by Crippen LogP contribution is 2.35. The molecule has 0 atom stereocenters. The summed E-state index contributed by atoms with van der Waals surface area (Å²) >= 11 is 6.18. The molecule has 0 N–H and O–H groups in total. The van der Waals surface area contributed by atoms with Gasteiger partial charge in [0.1, 0.15) is 5.75 Å². The molecule has 0 saturated carbocycles. The van der Waals surface area contributed by atoms with Crippen LogP contribution in [0.15, 0.2) is 42.5 Å². The molecule has 0 fully saturated rings. The molecule has 0 heterocycles. The Morgan fingerprint density at radius 3 is 2.53 bits per heavy atom. The Kier molecular flexibility index (Phi) is 3.37. The predicted molar refractivity (Wildman–Crippen MR) is 71.4 cm³/mol. The van der Waals surface area contributed by atoms with E-state index in [2.05, 4.69) is 5.92 Å². The van der Waals surface area contributed by atoms with Gasteiger partial charge in [-0.2, -0.15) is 0 Å². The molecular weight excluding hydrogens is 232 g/mol. The molecule has 1 nitrogen and oxygen atoms in total.